The van der Waals surface area contributed by atoms with Crippen molar-refractivity contribution in [3.05, 3.63) is 15.0 Å². The summed E-state index contributed by atoms with van der Waals surface area (Å²) in [6, 6.07) is 0. The van der Waals surface area contributed by atoms with Gasteiger partial charge in [-0.2, -0.15) is 0 Å². The minimum Gasteiger partial charge on any atom is -0.368 e. The summed E-state index contributed by atoms with van der Waals surface area (Å²) in [5, 5.41) is 2.62. The Hall–Kier alpha value is -0.950. The van der Waals surface area contributed by atoms with Crippen LogP contribution in [0.1, 0.15) is 9.80 Å². The zero-order chi connectivity index (χ0) is 9.84. The molecule has 0 spiro atoms. The van der Waals surface area contributed by atoms with Crippen LogP contribution in [0.4, 0.5) is 0 Å². The monoisotopic (exact) mass is 263 g/mol. The first-order chi connectivity index (χ1) is 6.09. The van der Waals surface area contributed by atoms with Crippen LogP contribution in [-0.2, 0) is 4.79 Å². The van der Waals surface area contributed by atoms with E-state index in [1.807, 2.05) is 0 Å². The SMILES string of the molecule is NC(=O)CNC(=O)c1ncc(Br)s1. The molecular formula is C6H6BrN3O2S. The fourth-order valence-corrected chi connectivity index (χ4v) is 1.73. The molecule has 0 aromatic carbocycles. The number of carbonyl (C=O) groups excluding carboxylic acids is 2. The van der Waals surface area contributed by atoms with Crippen molar-refractivity contribution in [1.82, 2.24) is 10.3 Å². The molecule has 0 saturated heterocycles. The fraction of sp³-hybridized carbons (Fsp3) is 0.167. The van der Waals surface area contributed by atoms with E-state index in [4.69, 9.17) is 5.73 Å². The molecule has 1 aromatic heterocycles. The van der Waals surface area contributed by atoms with E-state index in [0.29, 0.717) is 5.01 Å². The average Bonchev–Trinajstić information content (AvgIpc) is 2.47. The molecule has 5 nitrogen and oxygen atoms in total. The standard InChI is InChI=1S/C6H6BrN3O2S/c7-3-1-10-6(13-3)5(12)9-2-4(8)11/h1H,2H2,(H2,8,11)(H,9,12). The van der Waals surface area contributed by atoms with Crippen molar-refractivity contribution in [3.8, 4) is 0 Å². The molecule has 1 heterocycles. The molecule has 13 heavy (non-hydrogen) atoms. The van der Waals surface area contributed by atoms with Gasteiger partial charge in [-0.05, 0) is 15.9 Å². The summed E-state index contributed by atoms with van der Waals surface area (Å²) < 4.78 is 0.761. The molecule has 0 atom stereocenters. The van der Waals surface area contributed by atoms with Crippen LogP contribution in [0.2, 0.25) is 0 Å². The number of thiazole rings is 1. The number of primary amides is 1. The molecule has 7 heteroatoms. The van der Waals surface area contributed by atoms with E-state index < -0.39 is 11.8 Å². The summed E-state index contributed by atoms with van der Waals surface area (Å²) >= 11 is 4.35. The number of nitrogens with two attached hydrogens (primary N) is 1. The lowest BCUT2D eigenvalue weighted by Gasteiger charge is -1.97. The number of halogens is 1. The van der Waals surface area contributed by atoms with Crippen LogP contribution in [0.3, 0.4) is 0 Å². The van der Waals surface area contributed by atoms with E-state index in [0.717, 1.165) is 3.79 Å². The number of nitrogens with one attached hydrogen (secondary N) is 1. The second-order valence-corrected chi connectivity index (χ2v) is 4.53. The van der Waals surface area contributed by atoms with Gasteiger partial charge in [0.05, 0.1) is 16.5 Å². The smallest absolute Gasteiger partial charge is 0.280 e. The van der Waals surface area contributed by atoms with Gasteiger partial charge in [-0.25, -0.2) is 4.98 Å². The molecule has 0 unspecified atom stereocenters. The van der Waals surface area contributed by atoms with Crippen LogP contribution >= 0.6 is 27.3 Å². The predicted molar refractivity (Wildman–Crippen MR) is 51.3 cm³/mol. The van der Waals surface area contributed by atoms with E-state index in [1.165, 1.54) is 17.5 Å². The third kappa shape index (κ3) is 3.11. The molecule has 2 amide bonds. The van der Waals surface area contributed by atoms with Gasteiger partial charge in [-0.15, -0.1) is 11.3 Å². The summed E-state index contributed by atoms with van der Waals surface area (Å²) in [7, 11) is 0. The topological polar surface area (TPSA) is 85.1 Å². The van der Waals surface area contributed by atoms with Crippen LogP contribution in [-0.4, -0.2) is 23.3 Å². The van der Waals surface area contributed by atoms with Crippen molar-refractivity contribution in [2.24, 2.45) is 5.73 Å². The summed E-state index contributed by atoms with van der Waals surface area (Å²) in [5.41, 5.74) is 4.84. The molecular weight excluding hydrogens is 258 g/mol. The number of hydrogen-bond acceptors (Lipinski definition) is 4. The molecule has 0 radical (unpaired) electrons. The third-order valence-electron chi connectivity index (χ3n) is 1.09. The minimum absolute atomic E-state index is 0.171. The van der Waals surface area contributed by atoms with E-state index in [1.54, 1.807) is 0 Å². The van der Waals surface area contributed by atoms with E-state index in [-0.39, 0.29) is 6.54 Å². The first-order valence-electron chi connectivity index (χ1n) is 3.27. The van der Waals surface area contributed by atoms with Crippen LogP contribution in [0.25, 0.3) is 0 Å². The molecule has 0 bridgehead atoms. The molecule has 3 N–H and O–H groups in total. The van der Waals surface area contributed by atoms with Gasteiger partial charge < -0.3 is 11.1 Å². The number of carbonyl (C=O) groups is 2. The van der Waals surface area contributed by atoms with E-state index in [2.05, 4.69) is 26.2 Å². The van der Waals surface area contributed by atoms with Gasteiger partial charge in [0.25, 0.3) is 5.91 Å². The third-order valence-corrected chi connectivity index (χ3v) is 2.57. The predicted octanol–water partition coefficient (Wildman–Crippen LogP) is 0.121. The van der Waals surface area contributed by atoms with Gasteiger partial charge in [-0.1, -0.05) is 0 Å². The Kier molecular flexibility index (Phi) is 3.38. The molecule has 0 aliphatic carbocycles. The molecule has 1 aromatic rings. The highest BCUT2D eigenvalue weighted by atomic mass is 79.9. The summed E-state index contributed by atoms with van der Waals surface area (Å²) in [5.74, 6) is -0.974. The van der Waals surface area contributed by atoms with Crippen molar-refractivity contribution < 1.29 is 9.59 Å². The van der Waals surface area contributed by atoms with Gasteiger partial charge in [0.15, 0.2) is 5.01 Å². The second-order valence-electron chi connectivity index (χ2n) is 2.12. The summed E-state index contributed by atoms with van der Waals surface area (Å²) in [4.78, 5) is 25.3. The Bertz CT molecular complexity index is 338. The zero-order valence-electron chi connectivity index (χ0n) is 6.41. The van der Waals surface area contributed by atoms with Gasteiger partial charge in [0.2, 0.25) is 5.91 Å². The van der Waals surface area contributed by atoms with Crippen LogP contribution < -0.4 is 11.1 Å². The molecule has 0 fully saturated rings. The maximum atomic E-state index is 11.2. The largest absolute Gasteiger partial charge is 0.368 e. The molecule has 0 aliphatic rings. The summed E-state index contributed by atoms with van der Waals surface area (Å²) in [6.45, 7) is -0.171. The maximum absolute atomic E-state index is 11.2. The lowest BCUT2D eigenvalue weighted by Crippen LogP contribution is -2.33. The maximum Gasteiger partial charge on any atom is 0.280 e. The van der Waals surface area contributed by atoms with Crippen LogP contribution in [0, 0.1) is 0 Å². The number of rotatable bonds is 3. The Balaban J connectivity index is 2.54. The first-order valence-corrected chi connectivity index (χ1v) is 4.88. The Morgan fingerprint density at radius 1 is 1.69 bits per heavy atom. The highest BCUT2D eigenvalue weighted by Gasteiger charge is 2.09. The number of nitrogens with zero attached hydrogens (tertiary/aromatic N) is 1. The van der Waals surface area contributed by atoms with Crippen molar-refractivity contribution >= 4 is 39.1 Å². The van der Waals surface area contributed by atoms with Crippen molar-refractivity contribution in [2.45, 2.75) is 0 Å². The minimum atomic E-state index is -0.580. The quantitative estimate of drug-likeness (QED) is 0.813. The van der Waals surface area contributed by atoms with E-state index >= 15 is 0 Å². The second kappa shape index (κ2) is 4.33. The van der Waals surface area contributed by atoms with Crippen molar-refractivity contribution in [2.75, 3.05) is 6.54 Å². The van der Waals surface area contributed by atoms with Crippen LogP contribution in [0.15, 0.2) is 9.98 Å². The molecule has 1 rings (SSSR count). The zero-order valence-corrected chi connectivity index (χ0v) is 8.81. The highest BCUT2D eigenvalue weighted by molar-refractivity contribution is 9.11. The van der Waals surface area contributed by atoms with Crippen molar-refractivity contribution in [3.63, 3.8) is 0 Å². The normalized spacial score (nSPS) is 9.62. The number of hydrogen-bond donors (Lipinski definition) is 2. The van der Waals surface area contributed by atoms with Crippen molar-refractivity contribution in [1.29, 1.82) is 0 Å². The highest BCUT2D eigenvalue weighted by Crippen LogP contribution is 2.18. The first kappa shape index (κ1) is 10.1. The fourth-order valence-electron chi connectivity index (χ4n) is 0.602. The lowest BCUT2D eigenvalue weighted by atomic mass is 10.5. The van der Waals surface area contributed by atoms with Gasteiger partial charge in [0, 0.05) is 0 Å². The molecule has 70 valence electrons. The van der Waals surface area contributed by atoms with E-state index in [9.17, 15) is 9.59 Å². The van der Waals surface area contributed by atoms with Gasteiger partial charge in [-0.3, -0.25) is 9.59 Å². The Morgan fingerprint density at radius 3 is 2.85 bits per heavy atom. The molecule has 0 saturated carbocycles. The average molecular weight is 264 g/mol. The van der Waals surface area contributed by atoms with Gasteiger partial charge in [0.1, 0.15) is 0 Å². The van der Waals surface area contributed by atoms with Gasteiger partial charge >= 0.3 is 0 Å². The number of amides is 2. The summed E-state index contributed by atoms with van der Waals surface area (Å²) in [6.07, 6.45) is 1.52. The van der Waals surface area contributed by atoms with Crippen LogP contribution in [0.5, 0.6) is 0 Å². The Morgan fingerprint density at radius 2 is 2.38 bits per heavy atom. The lowest BCUT2D eigenvalue weighted by molar-refractivity contribution is -0.117. The Labute approximate surface area is 86.5 Å². The number of aromatic nitrogens is 1. The molecule has 0 aliphatic heterocycles.